The van der Waals surface area contributed by atoms with E-state index in [2.05, 4.69) is 0 Å². The average molecular weight is 446 g/mol. The maximum Gasteiger partial charge on any atom is 0.410 e. The summed E-state index contributed by atoms with van der Waals surface area (Å²) in [5, 5.41) is 0. The number of ether oxygens (including phenoxy) is 2. The van der Waals surface area contributed by atoms with Gasteiger partial charge in [0.1, 0.15) is 12.2 Å². The highest BCUT2D eigenvalue weighted by molar-refractivity contribution is 5.95. The van der Waals surface area contributed by atoms with E-state index < -0.39 is 23.3 Å². The van der Waals surface area contributed by atoms with Crippen LogP contribution in [-0.4, -0.2) is 64.2 Å². The molecule has 1 aromatic rings. The number of hydrogen-bond donors (Lipinski definition) is 0. The minimum absolute atomic E-state index is 0.00307. The standard InChI is InChI=1S/C25H37N2O5/c1-18(2)20(21(28)31-16-19-12-8-7-9-13-19)27-15-11-10-14-26(17-25(27,6)22(27)29)23(30)32-24(3,4)5/h7-9,12-13,18,20H,10-11,14-17H2,1-6H3/q+1/t20-,25-,27-/m0/s1. The van der Waals surface area contributed by atoms with Gasteiger partial charge in [0.05, 0.1) is 13.1 Å². The highest BCUT2D eigenvalue weighted by Gasteiger charge is 2.82. The molecule has 2 aliphatic heterocycles. The third kappa shape index (κ3) is 4.53. The van der Waals surface area contributed by atoms with Gasteiger partial charge in [-0.05, 0) is 39.2 Å². The van der Waals surface area contributed by atoms with Crippen LogP contribution in [0.3, 0.4) is 0 Å². The molecule has 7 heteroatoms. The Balaban J connectivity index is 1.82. The molecule has 176 valence electrons. The van der Waals surface area contributed by atoms with Crippen LogP contribution in [0.4, 0.5) is 4.79 Å². The molecule has 0 unspecified atom stereocenters. The molecule has 32 heavy (non-hydrogen) atoms. The van der Waals surface area contributed by atoms with Gasteiger partial charge in [0, 0.05) is 19.4 Å². The van der Waals surface area contributed by atoms with Crippen LogP contribution in [0.15, 0.2) is 30.3 Å². The summed E-state index contributed by atoms with van der Waals surface area (Å²) >= 11 is 0. The van der Waals surface area contributed by atoms with Crippen molar-refractivity contribution in [2.45, 2.75) is 78.2 Å². The van der Waals surface area contributed by atoms with Gasteiger partial charge in [-0.25, -0.2) is 18.9 Å². The zero-order valence-electron chi connectivity index (χ0n) is 20.2. The number of rotatable bonds is 5. The van der Waals surface area contributed by atoms with Crippen LogP contribution in [-0.2, 0) is 25.7 Å². The lowest BCUT2D eigenvalue weighted by Crippen LogP contribution is -2.56. The summed E-state index contributed by atoms with van der Waals surface area (Å²) < 4.78 is 11.3. The molecule has 0 saturated carbocycles. The van der Waals surface area contributed by atoms with Gasteiger partial charge < -0.3 is 14.4 Å². The van der Waals surface area contributed by atoms with Crippen molar-refractivity contribution in [2.24, 2.45) is 5.92 Å². The highest BCUT2D eigenvalue weighted by atomic mass is 16.6. The van der Waals surface area contributed by atoms with E-state index in [1.54, 1.807) is 4.90 Å². The van der Waals surface area contributed by atoms with Crippen LogP contribution in [0, 0.1) is 5.92 Å². The zero-order chi connectivity index (χ0) is 23.7. The smallest absolute Gasteiger partial charge is 0.410 e. The Morgan fingerprint density at radius 3 is 2.41 bits per heavy atom. The summed E-state index contributed by atoms with van der Waals surface area (Å²) in [4.78, 5) is 41.1. The molecular weight excluding hydrogens is 408 g/mol. The van der Waals surface area contributed by atoms with Crippen molar-refractivity contribution in [2.75, 3.05) is 19.6 Å². The molecule has 0 spiro atoms. The summed E-state index contributed by atoms with van der Waals surface area (Å²) in [6, 6.07) is 8.93. The number of amides is 2. The molecule has 1 aromatic carbocycles. The largest absolute Gasteiger partial charge is 0.456 e. The molecular formula is C25H37N2O5+. The molecule has 0 aromatic heterocycles. The van der Waals surface area contributed by atoms with Crippen molar-refractivity contribution in [3.63, 3.8) is 0 Å². The van der Waals surface area contributed by atoms with E-state index in [1.165, 1.54) is 0 Å². The van der Waals surface area contributed by atoms with Crippen molar-refractivity contribution in [1.82, 2.24) is 4.90 Å². The van der Waals surface area contributed by atoms with Gasteiger partial charge in [0.25, 0.3) is 0 Å². The van der Waals surface area contributed by atoms with E-state index in [1.807, 2.05) is 71.9 Å². The Labute approximate surface area is 191 Å². The lowest BCUT2D eigenvalue weighted by molar-refractivity contribution is -0.818. The number of esters is 1. The topological polar surface area (TPSA) is 72.9 Å². The minimum atomic E-state index is -0.835. The lowest BCUT2D eigenvalue weighted by Gasteiger charge is -2.35. The van der Waals surface area contributed by atoms with E-state index in [9.17, 15) is 14.4 Å². The van der Waals surface area contributed by atoms with Crippen LogP contribution < -0.4 is 0 Å². The Morgan fingerprint density at radius 2 is 1.81 bits per heavy atom. The number of quaternary nitrogens is 1. The van der Waals surface area contributed by atoms with E-state index >= 15 is 0 Å². The molecule has 0 radical (unpaired) electrons. The lowest BCUT2D eigenvalue weighted by atomic mass is 9.99. The summed E-state index contributed by atoms with van der Waals surface area (Å²) in [6.07, 6.45) is 1.09. The van der Waals surface area contributed by atoms with E-state index in [4.69, 9.17) is 9.47 Å². The maximum absolute atomic E-state index is 13.4. The molecule has 3 atom stereocenters. The quantitative estimate of drug-likeness (QED) is 0.390. The van der Waals surface area contributed by atoms with Crippen LogP contribution in [0.1, 0.15) is 59.9 Å². The fourth-order valence-electron chi connectivity index (χ4n) is 5.05. The number of carbonyl (C=O) groups is 3. The molecule has 2 heterocycles. The number of fused-ring (bicyclic) bond motifs is 1. The maximum atomic E-state index is 13.4. The van der Waals surface area contributed by atoms with Gasteiger partial charge in [-0.2, -0.15) is 0 Å². The molecule has 0 aliphatic carbocycles. The van der Waals surface area contributed by atoms with E-state index in [0.717, 1.165) is 18.4 Å². The summed E-state index contributed by atoms with van der Waals surface area (Å²) in [6.45, 7) is 12.8. The molecule has 2 aliphatic rings. The van der Waals surface area contributed by atoms with Crippen molar-refractivity contribution in [3.05, 3.63) is 35.9 Å². The van der Waals surface area contributed by atoms with Gasteiger partial charge in [-0.3, -0.25) is 0 Å². The molecule has 0 N–H and O–H groups in total. The molecule has 0 bridgehead atoms. The number of carbonyl (C=O) groups excluding carboxylic acids is 3. The Kier molecular flexibility index (Phi) is 6.70. The number of benzene rings is 1. The normalized spacial score (nSPS) is 26.6. The van der Waals surface area contributed by atoms with Gasteiger partial charge in [0.2, 0.25) is 5.54 Å². The summed E-state index contributed by atoms with van der Waals surface area (Å²) in [5.74, 6) is -0.438. The molecule has 2 amide bonds. The number of hydrogen-bond acceptors (Lipinski definition) is 5. The SMILES string of the molecule is CC(C)[C@@H](C(=O)OCc1ccccc1)[N@+]12CCCCN(C(=O)OC(C)(C)C)C[C@@]1(C)C2=O. The van der Waals surface area contributed by atoms with Crippen molar-refractivity contribution >= 4 is 18.0 Å². The third-order valence-corrected chi connectivity index (χ3v) is 6.56. The highest BCUT2D eigenvalue weighted by Crippen LogP contribution is 2.51. The van der Waals surface area contributed by atoms with Gasteiger partial charge >= 0.3 is 18.0 Å². The third-order valence-electron chi connectivity index (χ3n) is 6.56. The van der Waals surface area contributed by atoms with E-state index in [-0.39, 0.29) is 35.4 Å². The second kappa shape index (κ2) is 8.85. The molecule has 3 rings (SSSR count). The average Bonchev–Trinajstić information content (AvgIpc) is 3.12. The van der Waals surface area contributed by atoms with Crippen molar-refractivity contribution in [3.8, 4) is 0 Å². The predicted molar refractivity (Wildman–Crippen MR) is 120 cm³/mol. The van der Waals surface area contributed by atoms with Crippen LogP contribution >= 0.6 is 0 Å². The Hall–Kier alpha value is -2.41. The van der Waals surface area contributed by atoms with Crippen LogP contribution in [0.5, 0.6) is 0 Å². The predicted octanol–water partition coefficient (Wildman–Crippen LogP) is 3.90. The summed E-state index contributed by atoms with van der Waals surface area (Å²) in [7, 11) is 0. The molecule has 2 saturated heterocycles. The fraction of sp³-hybridized carbons (Fsp3) is 0.640. The zero-order valence-corrected chi connectivity index (χ0v) is 20.2. The first-order valence-corrected chi connectivity index (χ1v) is 11.5. The van der Waals surface area contributed by atoms with Crippen LogP contribution in [0.2, 0.25) is 0 Å². The van der Waals surface area contributed by atoms with Crippen molar-refractivity contribution < 1.29 is 28.3 Å². The first kappa shape index (κ1) is 24.2. The van der Waals surface area contributed by atoms with E-state index in [0.29, 0.717) is 13.1 Å². The number of nitrogens with zero attached hydrogens (tertiary/aromatic N) is 2. The van der Waals surface area contributed by atoms with Gasteiger partial charge in [-0.15, -0.1) is 0 Å². The second-order valence-corrected chi connectivity index (χ2v) is 10.6. The molecule has 7 nitrogen and oxygen atoms in total. The molecule has 2 fully saturated rings. The Morgan fingerprint density at radius 1 is 1.16 bits per heavy atom. The van der Waals surface area contributed by atoms with Crippen LogP contribution in [0.25, 0.3) is 0 Å². The Bertz CT molecular complexity index is 863. The first-order valence-electron chi connectivity index (χ1n) is 11.5. The fourth-order valence-corrected chi connectivity index (χ4v) is 5.05. The van der Waals surface area contributed by atoms with Gasteiger partial charge in [-0.1, -0.05) is 44.2 Å². The van der Waals surface area contributed by atoms with Crippen molar-refractivity contribution in [1.29, 1.82) is 0 Å². The summed E-state index contributed by atoms with van der Waals surface area (Å²) in [5.41, 5.74) is -0.536. The monoisotopic (exact) mass is 445 g/mol. The second-order valence-electron chi connectivity index (χ2n) is 10.6. The minimum Gasteiger partial charge on any atom is -0.456 e. The first-order chi connectivity index (χ1) is 14.9. The van der Waals surface area contributed by atoms with Gasteiger partial charge in [0.15, 0.2) is 6.04 Å².